The predicted octanol–water partition coefficient (Wildman–Crippen LogP) is -1.22. The van der Waals surface area contributed by atoms with Gasteiger partial charge in [-0.25, -0.2) is 8.78 Å². The molecule has 0 bridgehead atoms. The number of alkyl halides is 2. The molecule has 42 heavy (non-hydrogen) atoms. The highest BCUT2D eigenvalue weighted by Gasteiger charge is 2.52. The number of likely N-dealkylation sites (N-methyl/N-ethyl adjacent to an activating group) is 1. The average Bonchev–Trinajstić information content (AvgIpc) is 2.96. The number of quaternary nitrogens is 1. The van der Waals surface area contributed by atoms with E-state index in [9.17, 15) is 14.0 Å². The van der Waals surface area contributed by atoms with Crippen molar-refractivity contribution in [1.29, 1.82) is 0 Å². The van der Waals surface area contributed by atoms with Gasteiger partial charge in [0.25, 0.3) is 0 Å². The summed E-state index contributed by atoms with van der Waals surface area (Å²) in [5.41, 5.74) is 12.5. The van der Waals surface area contributed by atoms with E-state index in [2.05, 4.69) is 39.7 Å². The predicted molar refractivity (Wildman–Crippen MR) is 158 cm³/mol. The van der Waals surface area contributed by atoms with Crippen molar-refractivity contribution >= 4 is 11.8 Å². The summed E-state index contributed by atoms with van der Waals surface area (Å²) >= 11 is 0. The van der Waals surface area contributed by atoms with E-state index in [0.717, 1.165) is 52.0 Å². The minimum absolute atomic E-state index is 0.0505. The van der Waals surface area contributed by atoms with E-state index in [1.54, 1.807) is 0 Å². The molecule has 13 heteroatoms. The lowest BCUT2D eigenvalue weighted by molar-refractivity contribution is -0.967. The van der Waals surface area contributed by atoms with E-state index >= 15 is 4.39 Å². The number of nitrogens with zero attached hydrogens (tertiary/aromatic N) is 4. The van der Waals surface area contributed by atoms with Crippen molar-refractivity contribution in [3.63, 3.8) is 0 Å². The molecule has 7 atom stereocenters. The Labute approximate surface area is 249 Å². The maximum absolute atomic E-state index is 15.6. The standard InChI is InChI=1S/C29H53F2N9O2/c1-19-17-39(11-10-37(19)2)29(42)20-6-8-38(9-7-20)25-22(31)15-34-16-23(25)36-28(41)24(26(32)33)27-35-14-21(30)18-40(27)12-4-3-5-13-40/h19-27,34-35H,3-18,32-33H2,1-2H3/p+1/t19-,21?,22?,23?,24?,25?,27?/m1/s1. The summed E-state index contributed by atoms with van der Waals surface area (Å²) in [6.07, 6.45) is 0.948. The third kappa shape index (κ3) is 6.77. The summed E-state index contributed by atoms with van der Waals surface area (Å²) in [5, 5.41) is 9.57. The van der Waals surface area contributed by atoms with Crippen molar-refractivity contribution in [3.8, 4) is 0 Å². The zero-order valence-corrected chi connectivity index (χ0v) is 25.5. The Hall–Kier alpha value is -1.48. The Kier molecular flexibility index (Phi) is 10.4. The topological polar surface area (TPSA) is 132 Å². The highest BCUT2D eigenvalue weighted by atomic mass is 19.1. The number of piperidine rings is 3. The Bertz CT molecular complexity index is 931. The van der Waals surface area contributed by atoms with E-state index in [1.165, 1.54) is 0 Å². The molecule has 0 radical (unpaired) electrons. The molecule has 5 heterocycles. The van der Waals surface area contributed by atoms with Crippen molar-refractivity contribution in [3.05, 3.63) is 0 Å². The minimum Gasteiger partial charge on any atom is -0.350 e. The molecule has 2 amide bonds. The van der Waals surface area contributed by atoms with Gasteiger partial charge in [-0.1, -0.05) is 0 Å². The lowest BCUT2D eigenvalue weighted by atomic mass is 9.89. The van der Waals surface area contributed by atoms with Crippen LogP contribution in [0, 0.1) is 11.8 Å². The summed E-state index contributed by atoms with van der Waals surface area (Å²) in [6, 6.07) is -0.633. The molecule has 11 nitrogen and oxygen atoms in total. The van der Waals surface area contributed by atoms with Crippen LogP contribution in [0.15, 0.2) is 0 Å². The Morgan fingerprint density at radius 3 is 2.38 bits per heavy atom. The Balaban J connectivity index is 1.24. The molecule has 5 fully saturated rings. The molecule has 0 aliphatic carbocycles. The maximum Gasteiger partial charge on any atom is 0.233 e. The molecule has 240 valence electrons. The lowest BCUT2D eigenvalue weighted by Crippen LogP contribution is -2.76. The summed E-state index contributed by atoms with van der Waals surface area (Å²) in [4.78, 5) is 33.6. The van der Waals surface area contributed by atoms with Gasteiger partial charge in [0.15, 0.2) is 12.3 Å². The third-order valence-electron chi connectivity index (χ3n) is 10.9. The SMILES string of the molecule is C[C@@H]1CN(C(=O)C2CCN(C3C(F)CNCC3NC(=O)C(C(N)N)C3NCC(F)C[N+]34CCCCC4)CC2)CCN1C. The van der Waals surface area contributed by atoms with Crippen LogP contribution in [0.4, 0.5) is 8.78 Å². The van der Waals surface area contributed by atoms with E-state index < -0.39 is 36.5 Å². The van der Waals surface area contributed by atoms with Crippen molar-refractivity contribution in [2.75, 3.05) is 79.0 Å². The molecule has 5 saturated heterocycles. The summed E-state index contributed by atoms with van der Waals surface area (Å²) < 4.78 is 30.6. The number of rotatable bonds is 6. The lowest BCUT2D eigenvalue weighted by Gasteiger charge is -2.53. The molecular formula is C29H54F2N9O2+. The second-order valence-electron chi connectivity index (χ2n) is 13.7. The van der Waals surface area contributed by atoms with Crippen LogP contribution in [0.2, 0.25) is 0 Å². The first-order valence-corrected chi connectivity index (χ1v) is 16.2. The first kappa shape index (κ1) is 31.9. The molecule has 0 saturated carbocycles. The number of hydrogen-bond acceptors (Lipinski definition) is 8. The third-order valence-corrected chi connectivity index (χ3v) is 10.9. The molecule has 1 spiro atoms. The van der Waals surface area contributed by atoms with Gasteiger partial charge in [0, 0.05) is 51.2 Å². The van der Waals surface area contributed by atoms with Crippen molar-refractivity contribution in [2.45, 2.75) is 81.8 Å². The highest BCUT2D eigenvalue weighted by molar-refractivity contribution is 5.80. The number of halogens is 2. The summed E-state index contributed by atoms with van der Waals surface area (Å²) in [7, 11) is 2.09. The molecule has 0 aromatic rings. The first-order chi connectivity index (χ1) is 20.1. The summed E-state index contributed by atoms with van der Waals surface area (Å²) in [6.45, 7) is 8.50. The Morgan fingerprint density at radius 2 is 1.71 bits per heavy atom. The molecule has 0 aromatic carbocycles. The first-order valence-electron chi connectivity index (χ1n) is 16.2. The smallest absolute Gasteiger partial charge is 0.233 e. The number of nitrogens with one attached hydrogen (secondary N) is 3. The van der Waals surface area contributed by atoms with Crippen LogP contribution < -0.4 is 27.4 Å². The van der Waals surface area contributed by atoms with E-state index in [-0.39, 0.29) is 37.0 Å². The molecule has 6 unspecified atom stereocenters. The second kappa shape index (κ2) is 13.7. The highest BCUT2D eigenvalue weighted by Crippen LogP contribution is 2.31. The maximum atomic E-state index is 15.6. The van der Waals surface area contributed by atoms with Gasteiger partial charge in [0.05, 0.1) is 31.3 Å². The zero-order chi connectivity index (χ0) is 30.0. The number of hydrogen-bond donors (Lipinski definition) is 5. The van der Waals surface area contributed by atoms with Crippen LogP contribution in [-0.2, 0) is 9.59 Å². The zero-order valence-electron chi connectivity index (χ0n) is 25.5. The quantitative estimate of drug-likeness (QED) is 0.190. The normalized spacial score (nSPS) is 36.2. The van der Waals surface area contributed by atoms with Crippen LogP contribution in [0.5, 0.6) is 0 Å². The largest absolute Gasteiger partial charge is 0.350 e. The number of nitrogens with two attached hydrogens (primary N) is 2. The van der Waals surface area contributed by atoms with Crippen LogP contribution in [-0.4, -0.2) is 153 Å². The van der Waals surface area contributed by atoms with E-state index in [1.807, 2.05) is 4.90 Å². The molecule has 5 aliphatic heterocycles. The van der Waals surface area contributed by atoms with Gasteiger partial charge in [-0.2, -0.15) is 0 Å². The minimum atomic E-state index is -1.17. The molecule has 0 aromatic heterocycles. The number of carbonyl (C=O) groups is 2. The number of likely N-dealkylation sites (tertiary alicyclic amines) is 1. The molecular weight excluding hydrogens is 544 g/mol. The van der Waals surface area contributed by atoms with Gasteiger partial charge in [-0.15, -0.1) is 0 Å². The van der Waals surface area contributed by atoms with Gasteiger partial charge in [0.2, 0.25) is 11.8 Å². The van der Waals surface area contributed by atoms with Gasteiger partial charge < -0.3 is 36.4 Å². The van der Waals surface area contributed by atoms with Gasteiger partial charge in [-0.05, 0) is 59.2 Å². The van der Waals surface area contributed by atoms with Crippen molar-refractivity contribution in [1.82, 2.24) is 30.7 Å². The van der Waals surface area contributed by atoms with Gasteiger partial charge in [0.1, 0.15) is 18.6 Å². The Morgan fingerprint density at radius 1 is 1.00 bits per heavy atom. The number of carbonyl (C=O) groups excluding carboxylic acids is 2. The van der Waals surface area contributed by atoms with E-state index in [0.29, 0.717) is 49.5 Å². The van der Waals surface area contributed by atoms with Crippen LogP contribution in [0.25, 0.3) is 0 Å². The molecule has 7 N–H and O–H groups in total. The van der Waals surface area contributed by atoms with E-state index in [4.69, 9.17) is 11.5 Å². The van der Waals surface area contributed by atoms with Crippen LogP contribution in [0.1, 0.15) is 39.0 Å². The summed E-state index contributed by atoms with van der Waals surface area (Å²) in [5.74, 6) is -0.911. The van der Waals surface area contributed by atoms with Crippen molar-refractivity contribution in [2.24, 2.45) is 23.3 Å². The van der Waals surface area contributed by atoms with Gasteiger partial charge in [-0.3, -0.25) is 19.8 Å². The van der Waals surface area contributed by atoms with Gasteiger partial charge >= 0.3 is 0 Å². The number of piperazine rings is 1. The molecule has 5 aliphatic rings. The van der Waals surface area contributed by atoms with Crippen LogP contribution >= 0.6 is 0 Å². The fourth-order valence-electron chi connectivity index (χ4n) is 8.33. The molecule has 5 rings (SSSR count). The van der Waals surface area contributed by atoms with Crippen molar-refractivity contribution < 1.29 is 22.9 Å². The fraction of sp³-hybridized carbons (Fsp3) is 0.931. The fourth-order valence-corrected chi connectivity index (χ4v) is 8.33. The second-order valence-corrected chi connectivity index (χ2v) is 13.7. The van der Waals surface area contributed by atoms with Crippen LogP contribution in [0.3, 0.4) is 0 Å². The average molecular weight is 599 g/mol. The number of amides is 2. The monoisotopic (exact) mass is 598 g/mol.